The Morgan fingerprint density at radius 2 is 2.00 bits per heavy atom. The number of carbonyl (C=O) groups is 1. The lowest BCUT2D eigenvalue weighted by Gasteiger charge is -2.24. The van der Waals surface area contributed by atoms with Crippen molar-refractivity contribution in [2.75, 3.05) is 0 Å². The third-order valence-electron chi connectivity index (χ3n) is 4.53. The van der Waals surface area contributed by atoms with E-state index < -0.39 is 12.1 Å². The molecule has 0 aliphatic carbocycles. The molecule has 2 heterocycles. The van der Waals surface area contributed by atoms with Crippen LogP contribution in [0.4, 0.5) is 0 Å². The van der Waals surface area contributed by atoms with E-state index in [2.05, 4.69) is 18.7 Å². The molecule has 0 saturated carbocycles. The first-order valence-corrected chi connectivity index (χ1v) is 8.28. The molecule has 0 radical (unpaired) electrons. The Labute approximate surface area is 137 Å². The van der Waals surface area contributed by atoms with Gasteiger partial charge in [0.15, 0.2) is 0 Å². The largest absolute Gasteiger partial charge is 0.481 e. The minimum atomic E-state index is -0.820. The standard InChI is InChI=1S/C19H26O4/c1-2-7-14(20)10-11-16-15(17-12-13-18(16)23-17)8-5-3-4-6-9-19(21)22/h2-6,10-11,14-18,20H,1,7-9,12-13H2,(H,21,22)/b5-3-,6-4?,11-10+/t14?,15-,16+,17-,18+/m0/s1. The Kier molecular flexibility index (Phi) is 6.81. The van der Waals surface area contributed by atoms with Crippen molar-refractivity contribution in [1.29, 1.82) is 0 Å². The lowest BCUT2D eigenvalue weighted by atomic mass is 9.77. The van der Waals surface area contributed by atoms with Crippen LogP contribution in [0.5, 0.6) is 0 Å². The minimum Gasteiger partial charge on any atom is -0.481 e. The molecule has 0 spiro atoms. The lowest BCUT2D eigenvalue weighted by Crippen LogP contribution is -2.25. The van der Waals surface area contributed by atoms with Crippen LogP contribution in [-0.4, -0.2) is 34.5 Å². The van der Waals surface area contributed by atoms with Crippen molar-refractivity contribution >= 4 is 5.97 Å². The zero-order valence-corrected chi connectivity index (χ0v) is 13.4. The maximum Gasteiger partial charge on any atom is 0.307 e. The van der Waals surface area contributed by atoms with Crippen LogP contribution < -0.4 is 0 Å². The van der Waals surface area contributed by atoms with Gasteiger partial charge in [0.2, 0.25) is 0 Å². The maximum atomic E-state index is 10.4. The SMILES string of the molecule is C=CCC(O)/C=C/[C@@H]1[C@H](C/C=C\C=CCC(=O)O)[C@@H]2CC[C@H]1O2. The van der Waals surface area contributed by atoms with Gasteiger partial charge in [-0.3, -0.25) is 4.79 Å². The summed E-state index contributed by atoms with van der Waals surface area (Å²) in [5.41, 5.74) is 0. The van der Waals surface area contributed by atoms with Crippen molar-refractivity contribution in [3.8, 4) is 0 Å². The summed E-state index contributed by atoms with van der Waals surface area (Å²) >= 11 is 0. The first-order valence-electron chi connectivity index (χ1n) is 8.28. The Bertz CT molecular complexity index is 492. The first kappa shape index (κ1) is 17.7. The third kappa shape index (κ3) is 5.19. The highest BCUT2D eigenvalue weighted by Crippen LogP contribution is 2.45. The molecule has 2 aliphatic heterocycles. The summed E-state index contributed by atoms with van der Waals surface area (Å²) in [5, 5.41) is 18.4. The molecule has 4 nitrogen and oxygen atoms in total. The summed E-state index contributed by atoms with van der Waals surface area (Å²) in [7, 11) is 0. The Hall–Kier alpha value is -1.65. The molecule has 2 bridgehead atoms. The lowest BCUT2D eigenvalue weighted by molar-refractivity contribution is -0.136. The number of hydrogen-bond acceptors (Lipinski definition) is 3. The smallest absolute Gasteiger partial charge is 0.307 e. The van der Waals surface area contributed by atoms with E-state index in [0.29, 0.717) is 24.4 Å². The van der Waals surface area contributed by atoms with Crippen molar-refractivity contribution in [2.24, 2.45) is 11.8 Å². The third-order valence-corrected chi connectivity index (χ3v) is 4.53. The molecular formula is C19H26O4. The molecule has 0 amide bonds. The number of fused-ring (bicyclic) bond motifs is 2. The van der Waals surface area contributed by atoms with Crippen molar-refractivity contribution in [2.45, 2.75) is 50.4 Å². The zero-order chi connectivity index (χ0) is 16.7. The fourth-order valence-corrected chi connectivity index (χ4v) is 3.45. The number of aliphatic carboxylic acids is 1. The van der Waals surface area contributed by atoms with Crippen LogP contribution in [0.15, 0.2) is 49.1 Å². The molecule has 5 atom stereocenters. The average molecular weight is 318 g/mol. The summed E-state index contributed by atoms with van der Waals surface area (Å²) < 4.78 is 6.02. The molecule has 0 aromatic heterocycles. The number of hydrogen-bond donors (Lipinski definition) is 2. The van der Waals surface area contributed by atoms with Crippen LogP contribution in [-0.2, 0) is 9.53 Å². The fourth-order valence-electron chi connectivity index (χ4n) is 3.45. The summed E-state index contributed by atoms with van der Waals surface area (Å²) in [4.78, 5) is 10.4. The molecule has 4 heteroatoms. The fraction of sp³-hybridized carbons (Fsp3) is 0.526. The number of ether oxygens (including phenoxy) is 1. The Morgan fingerprint density at radius 1 is 1.26 bits per heavy atom. The number of carboxylic acid groups (broad SMARTS) is 1. The van der Waals surface area contributed by atoms with E-state index >= 15 is 0 Å². The quantitative estimate of drug-likeness (QED) is 0.506. The molecule has 23 heavy (non-hydrogen) atoms. The van der Waals surface area contributed by atoms with E-state index in [1.54, 1.807) is 18.2 Å². The number of allylic oxidation sites excluding steroid dienone is 3. The van der Waals surface area contributed by atoms with E-state index in [0.717, 1.165) is 19.3 Å². The van der Waals surface area contributed by atoms with Gasteiger partial charge in [-0.25, -0.2) is 0 Å². The van der Waals surface area contributed by atoms with Crippen LogP contribution in [0.1, 0.15) is 32.1 Å². The molecule has 2 rings (SSSR count). The zero-order valence-electron chi connectivity index (χ0n) is 13.4. The van der Waals surface area contributed by atoms with Gasteiger partial charge in [-0.2, -0.15) is 0 Å². The van der Waals surface area contributed by atoms with Gasteiger partial charge in [0, 0.05) is 5.92 Å². The molecule has 0 aromatic carbocycles. The molecule has 2 N–H and O–H groups in total. The summed E-state index contributed by atoms with van der Waals surface area (Å²) in [6.45, 7) is 3.64. The van der Waals surface area contributed by atoms with Gasteiger partial charge in [0.25, 0.3) is 0 Å². The van der Waals surface area contributed by atoms with Crippen molar-refractivity contribution in [3.05, 3.63) is 49.1 Å². The van der Waals surface area contributed by atoms with Gasteiger partial charge in [-0.15, -0.1) is 6.58 Å². The van der Waals surface area contributed by atoms with Gasteiger partial charge < -0.3 is 14.9 Å². The molecule has 2 saturated heterocycles. The minimum absolute atomic E-state index is 0.0497. The highest BCUT2D eigenvalue weighted by molar-refractivity contribution is 5.68. The van der Waals surface area contributed by atoms with Gasteiger partial charge in [0.1, 0.15) is 0 Å². The van der Waals surface area contributed by atoms with Crippen LogP contribution in [0, 0.1) is 11.8 Å². The van der Waals surface area contributed by atoms with Gasteiger partial charge in [-0.05, 0) is 31.6 Å². The van der Waals surface area contributed by atoms with E-state index in [4.69, 9.17) is 9.84 Å². The van der Waals surface area contributed by atoms with E-state index in [1.165, 1.54) is 0 Å². The van der Waals surface area contributed by atoms with Gasteiger partial charge in [-0.1, -0.05) is 42.5 Å². The number of aliphatic hydroxyl groups is 1. The Balaban J connectivity index is 1.88. The second-order valence-corrected chi connectivity index (χ2v) is 6.20. The number of rotatable bonds is 9. The molecule has 0 aromatic rings. The molecule has 126 valence electrons. The maximum absolute atomic E-state index is 10.4. The second-order valence-electron chi connectivity index (χ2n) is 6.20. The molecular weight excluding hydrogens is 292 g/mol. The topological polar surface area (TPSA) is 66.8 Å². The van der Waals surface area contributed by atoms with Crippen LogP contribution in [0.2, 0.25) is 0 Å². The normalized spacial score (nSPS) is 31.5. The highest BCUT2D eigenvalue weighted by Gasteiger charge is 2.46. The summed E-state index contributed by atoms with van der Waals surface area (Å²) in [5.74, 6) is -0.0367. The van der Waals surface area contributed by atoms with Gasteiger partial charge >= 0.3 is 5.97 Å². The number of carboxylic acids is 1. The average Bonchev–Trinajstić information content (AvgIpc) is 3.10. The predicted molar refractivity (Wildman–Crippen MR) is 90.0 cm³/mol. The summed E-state index contributed by atoms with van der Waals surface area (Å²) in [6.07, 6.45) is 16.9. The summed E-state index contributed by atoms with van der Waals surface area (Å²) in [6, 6.07) is 0. The van der Waals surface area contributed by atoms with Crippen LogP contribution in [0.25, 0.3) is 0 Å². The van der Waals surface area contributed by atoms with Crippen LogP contribution in [0.3, 0.4) is 0 Å². The highest BCUT2D eigenvalue weighted by atomic mass is 16.5. The van der Waals surface area contributed by atoms with E-state index in [9.17, 15) is 9.90 Å². The van der Waals surface area contributed by atoms with Crippen molar-refractivity contribution < 1.29 is 19.7 Å². The molecule has 2 fully saturated rings. The van der Waals surface area contributed by atoms with Crippen LogP contribution >= 0.6 is 0 Å². The molecule has 2 aliphatic rings. The molecule has 1 unspecified atom stereocenters. The first-order chi connectivity index (χ1) is 11.1. The van der Waals surface area contributed by atoms with Crippen molar-refractivity contribution in [3.63, 3.8) is 0 Å². The van der Waals surface area contributed by atoms with Gasteiger partial charge in [0.05, 0.1) is 24.7 Å². The number of aliphatic hydroxyl groups excluding tert-OH is 1. The van der Waals surface area contributed by atoms with E-state index in [-0.39, 0.29) is 12.5 Å². The van der Waals surface area contributed by atoms with Crippen molar-refractivity contribution in [1.82, 2.24) is 0 Å². The monoisotopic (exact) mass is 318 g/mol. The predicted octanol–water partition coefficient (Wildman–Crippen LogP) is 3.25. The Morgan fingerprint density at radius 3 is 2.74 bits per heavy atom. The van der Waals surface area contributed by atoms with E-state index in [1.807, 2.05) is 12.2 Å². The second kappa shape index (κ2) is 8.85.